The third-order valence-corrected chi connectivity index (χ3v) is 3.69. The molecular weight excluding hydrogens is 240 g/mol. The second-order valence-electron chi connectivity index (χ2n) is 5.05. The van der Waals surface area contributed by atoms with Gasteiger partial charge in [0, 0.05) is 31.6 Å². The number of hydrogen-bond acceptors (Lipinski definition) is 3. The molecule has 0 aromatic heterocycles. The van der Waals surface area contributed by atoms with E-state index in [9.17, 15) is 9.59 Å². The number of benzene rings is 1. The van der Waals surface area contributed by atoms with Gasteiger partial charge in [-0.3, -0.25) is 14.5 Å². The molecule has 1 aromatic carbocycles. The van der Waals surface area contributed by atoms with Crippen molar-refractivity contribution in [1.29, 1.82) is 0 Å². The number of likely N-dealkylation sites (tertiary alicyclic amines) is 1. The summed E-state index contributed by atoms with van der Waals surface area (Å²) >= 11 is 0. The number of ketones is 1. The van der Waals surface area contributed by atoms with E-state index in [-0.39, 0.29) is 11.9 Å². The van der Waals surface area contributed by atoms with E-state index in [1.807, 2.05) is 38.1 Å². The first-order chi connectivity index (χ1) is 9.08. The van der Waals surface area contributed by atoms with Crippen LogP contribution in [0.15, 0.2) is 24.3 Å². The van der Waals surface area contributed by atoms with Gasteiger partial charge >= 0.3 is 0 Å². The Balaban J connectivity index is 1.96. The lowest BCUT2D eigenvalue weighted by molar-refractivity contribution is -0.126. The molecule has 0 spiro atoms. The topological polar surface area (TPSA) is 49.4 Å². The maximum Gasteiger partial charge on any atom is 0.241 e. The third-order valence-electron chi connectivity index (χ3n) is 3.69. The molecule has 2 rings (SSSR count). The fourth-order valence-corrected chi connectivity index (χ4v) is 2.28. The van der Waals surface area contributed by atoms with E-state index in [0.29, 0.717) is 31.7 Å². The van der Waals surface area contributed by atoms with Gasteiger partial charge in [0.25, 0.3) is 0 Å². The maximum atomic E-state index is 12.2. The van der Waals surface area contributed by atoms with E-state index in [1.165, 1.54) is 0 Å². The van der Waals surface area contributed by atoms with Gasteiger partial charge in [-0.1, -0.05) is 18.2 Å². The highest BCUT2D eigenvalue weighted by Gasteiger charge is 2.25. The van der Waals surface area contributed by atoms with E-state index < -0.39 is 0 Å². The van der Waals surface area contributed by atoms with Gasteiger partial charge in [-0.05, 0) is 25.5 Å². The lowest BCUT2D eigenvalue weighted by atomic mass is 10.1. The van der Waals surface area contributed by atoms with Crippen molar-refractivity contribution in [2.75, 3.05) is 18.4 Å². The molecule has 1 heterocycles. The number of hydrogen-bond donors (Lipinski definition) is 1. The molecule has 0 bridgehead atoms. The highest BCUT2D eigenvalue weighted by Crippen LogP contribution is 2.15. The minimum Gasteiger partial charge on any atom is -0.324 e. The average molecular weight is 260 g/mol. The molecule has 4 nitrogen and oxygen atoms in total. The summed E-state index contributed by atoms with van der Waals surface area (Å²) in [4.78, 5) is 25.5. The summed E-state index contributed by atoms with van der Waals surface area (Å²) in [7, 11) is 0. The fraction of sp³-hybridized carbons (Fsp3) is 0.467. The monoisotopic (exact) mass is 260 g/mol. The van der Waals surface area contributed by atoms with Crippen LogP contribution in [0.3, 0.4) is 0 Å². The molecule has 1 amide bonds. The summed E-state index contributed by atoms with van der Waals surface area (Å²) in [5, 5.41) is 2.95. The molecule has 102 valence electrons. The smallest absolute Gasteiger partial charge is 0.241 e. The van der Waals surface area contributed by atoms with Crippen LogP contribution in [-0.2, 0) is 9.59 Å². The number of piperidine rings is 1. The molecule has 1 aliphatic heterocycles. The Morgan fingerprint density at radius 1 is 1.26 bits per heavy atom. The Bertz CT molecular complexity index is 475. The highest BCUT2D eigenvalue weighted by atomic mass is 16.2. The lowest BCUT2D eigenvalue weighted by Gasteiger charge is -2.30. The van der Waals surface area contributed by atoms with Gasteiger partial charge in [-0.25, -0.2) is 0 Å². The molecule has 0 radical (unpaired) electrons. The quantitative estimate of drug-likeness (QED) is 0.904. The number of amides is 1. The van der Waals surface area contributed by atoms with Crippen molar-refractivity contribution < 1.29 is 9.59 Å². The molecule has 4 heteroatoms. The van der Waals surface area contributed by atoms with Crippen LogP contribution in [0.5, 0.6) is 0 Å². The molecular formula is C15H20N2O2. The van der Waals surface area contributed by atoms with Crippen LogP contribution in [0.25, 0.3) is 0 Å². The third kappa shape index (κ3) is 3.41. The number of para-hydroxylation sites is 1. The van der Waals surface area contributed by atoms with E-state index in [2.05, 4.69) is 10.2 Å². The van der Waals surface area contributed by atoms with Crippen LogP contribution in [0, 0.1) is 6.92 Å². The first kappa shape index (κ1) is 13.7. The second-order valence-corrected chi connectivity index (χ2v) is 5.05. The second kappa shape index (κ2) is 5.97. The Morgan fingerprint density at radius 3 is 2.53 bits per heavy atom. The predicted octanol–water partition coefficient (Wildman–Crippen LogP) is 1.99. The zero-order chi connectivity index (χ0) is 13.8. The summed E-state index contributed by atoms with van der Waals surface area (Å²) in [5.74, 6) is 0.284. The minimum atomic E-state index is -0.201. The number of aryl methyl sites for hydroxylation is 1. The van der Waals surface area contributed by atoms with Crippen LogP contribution in [0.2, 0.25) is 0 Å². The Labute approximate surface area is 113 Å². The van der Waals surface area contributed by atoms with Crippen molar-refractivity contribution >= 4 is 17.4 Å². The molecule has 1 atom stereocenters. The van der Waals surface area contributed by atoms with E-state index in [4.69, 9.17) is 0 Å². The van der Waals surface area contributed by atoms with E-state index >= 15 is 0 Å². The zero-order valence-electron chi connectivity index (χ0n) is 11.5. The van der Waals surface area contributed by atoms with E-state index in [1.54, 1.807) is 0 Å². The van der Waals surface area contributed by atoms with Crippen molar-refractivity contribution in [3.63, 3.8) is 0 Å². The maximum absolute atomic E-state index is 12.2. The number of anilines is 1. The Hall–Kier alpha value is -1.68. The summed E-state index contributed by atoms with van der Waals surface area (Å²) in [6, 6.07) is 7.53. The number of rotatable bonds is 3. The number of nitrogens with zero attached hydrogens (tertiary/aromatic N) is 1. The van der Waals surface area contributed by atoms with Crippen molar-refractivity contribution in [3.8, 4) is 0 Å². The molecule has 0 aliphatic carbocycles. The van der Waals surface area contributed by atoms with Crippen LogP contribution in [0.4, 0.5) is 5.69 Å². The molecule has 19 heavy (non-hydrogen) atoms. The van der Waals surface area contributed by atoms with Gasteiger partial charge in [-0.2, -0.15) is 0 Å². The minimum absolute atomic E-state index is 0.0105. The largest absolute Gasteiger partial charge is 0.324 e. The van der Waals surface area contributed by atoms with Gasteiger partial charge in [-0.15, -0.1) is 0 Å². The van der Waals surface area contributed by atoms with Crippen molar-refractivity contribution in [2.45, 2.75) is 32.7 Å². The van der Waals surface area contributed by atoms with Gasteiger partial charge in [0.15, 0.2) is 0 Å². The van der Waals surface area contributed by atoms with Gasteiger partial charge in [0.1, 0.15) is 5.78 Å². The molecule has 1 N–H and O–H groups in total. The first-order valence-corrected chi connectivity index (χ1v) is 6.70. The number of nitrogens with one attached hydrogen (secondary N) is 1. The van der Waals surface area contributed by atoms with Crippen LogP contribution >= 0.6 is 0 Å². The fourth-order valence-electron chi connectivity index (χ4n) is 2.28. The number of carbonyl (C=O) groups is 2. The summed E-state index contributed by atoms with van der Waals surface area (Å²) in [6.07, 6.45) is 1.12. The van der Waals surface area contributed by atoms with Gasteiger partial charge in [0.05, 0.1) is 6.04 Å². The summed E-state index contributed by atoms with van der Waals surface area (Å²) < 4.78 is 0. The predicted molar refractivity (Wildman–Crippen MR) is 75.1 cm³/mol. The number of Topliss-reactive ketones (excluding diaryl/α,β-unsaturated/α-hetero) is 1. The summed E-state index contributed by atoms with van der Waals surface area (Å²) in [6.45, 7) is 5.23. The molecule has 1 fully saturated rings. The summed E-state index contributed by atoms with van der Waals surface area (Å²) in [5.41, 5.74) is 1.91. The SMILES string of the molecule is Cc1ccccc1NC(=O)C(C)N1CCC(=O)CC1. The number of carbonyl (C=O) groups excluding carboxylic acids is 2. The van der Waals surface area contributed by atoms with Crippen LogP contribution in [-0.4, -0.2) is 35.7 Å². The first-order valence-electron chi connectivity index (χ1n) is 6.70. The Kier molecular flexibility index (Phi) is 4.32. The van der Waals surface area contributed by atoms with Crippen LogP contribution in [0.1, 0.15) is 25.3 Å². The van der Waals surface area contributed by atoms with Gasteiger partial charge in [0.2, 0.25) is 5.91 Å². The van der Waals surface area contributed by atoms with Crippen molar-refractivity contribution in [3.05, 3.63) is 29.8 Å². The zero-order valence-corrected chi connectivity index (χ0v) is 11.5. The van der Waals surface area contributed by atoms with Crippen molar-refractivity contribution in [2.24, 2.45) is 0 Å². The van der Waals surface area contributed by atoms with Crippen LogP contribution < -0.4 is 5.32 Å². The highest BCUT2D eigenvalue weighted by molar-refractivity contribution is 5.95. The lowest BCUT2D eigenvalue weighted by Crippen LogP contribution is -2.46. The van der Waals surface area contributed by atoms with E-state index in [0.717, 1.165) is 11.3 Å². The standard InChI is InChI=1S/C15H20N2O2/c1-11-5-3-4-6-14(11)16-15(19)12(2)17-9-7-13(18)8-10-17/h3-6,12H,7-10H2,1-2H3,(H,16,19). The average Bonchev–Trinajstić information content (AvgIpc) is 2.41. The van der Waals surface area contributed by atoms with Gasteiger partial charge < -0.3 is 5.32 Å². The molecule has 0 saturated carbocycles. The Morgan fingerprint density at radius 2 is 1.89 bits per heavy atom. The van der Waals surface area contributed by atoms with Crippen molar-refractivity contribution in [1.82, 2.24) is 4.90 Å². The molecule has 1 unspecified atom stereocenters. The normalized spacial score (nSPS) is 18.1. The molecule has 1 aliphatic rings. The molecule has 1 aromatic rings. The molecule has 1 saturated heterocycles.